The standard InChI is InChI=1S/C62H69ClF2N20O10/c1-37(45-27-39(29-66)3-8-46(45)64)73-55-52(63)38(2)72-49-28-47(65)53(76-54(49)55)41-30-70-62(71-31-41)84-17-15-82(16-18-84)50(86)36-94-22-20-85-34-44(79-80-85)35-95-26-25-93-24-23-92-21-19-81-11-13-83(14-12-81)60(91)48(9-10-51(87)88)75-58(89)40-4-6-42(7-5-40)68-32-43-33-69-57-56(74-43)59(90)78-61(67)77-57/h3-8,27-28,30-31,33-34,37,48,68H,9-26,32,35-36H2,1-2H3,(H,72,73)(H,75,89)(H,87,88)(H3,67,69,77,78,90)/t37-,48+/m1/s1. The van der Waals surface area contributed by atoms with E-state index >= 15 is 4.39 Å². The van der Waals surface area contributed by atoms with Crippen LogP contribution in [0.3, 0.4) is 0 Å². The number of amides is 3. The van der Waals surface area contributed by atoms with Crippen LogP contribution in [0.4, 0.5) is 32.1 Å². The summed E-state index contributed by atoms with van der Waals surface area (Å²) in [5, 5.41) is 36.4. The van der Waals surface area contributed by atoms with Gasteiger partial charge in [-0.1, -0.05) is 16.8 Å². The Morgan fingerprint density at radius 2 is 1.53 bits per heavy atom. The molecule has 0 bridgehead atoms. The first-order valence-electron chi connectivity index (χ1n) is 30.5. The van der Waals surface area contributed by atoms with Crippen LogP contribution >= 0.6 is 11.6 Å². The van der Waals surface area contributed by atoms with Crippen LogP contribution in [0.25, 0.3) is 33.5 Å². The van der Waals surface area contributed by atoms with Crippen molar-refractivity contribution in [3.63, 3.8) is 0 Å². The van der Waals surface area contributed by atoms with Gasteiger partial charge in [0.2, 0.25) is 23.7 Å². The fourth-order valence-electron chi connectivity index (χ4n) is 10.5. The number of hydrogen-bond donors (Lipinski definition) is 6. The molecule has 0 spiro atoms. The van der Waals surface area contributed by atoms with Crippen LogP contribution in [0.2, 0.25) is 5.02 Å². The van der Waals surface area contributed by atoms with Gasteiger partial charge in [-0.15, -0.1) is 5.10 Å². The number of benzene rings is 2. The number of carbonyl (C=O) groups is 4. The molecule has 2 aliphatic heterocycles. The number of piperazine rings is 2. The van der Waals surface area contributed by atoms with E-state index in [9.17, 15) is 38.7 Å². The Hall–Kier alpha value is -10.0. The van der Waals surface area contributed by atoms with Crippen LogP contribution < -0.4 is 32.1 Å². The molecule has 2 fully saturated rings. The van der Waals surface area contributed by atoms with E-state index in [2.05, 4.69) is 71.0 Å². The van der Waals surface area contributed by atoms with Crippen LogP contribution in [0.15, 0.2) is 78.1 Å². The zero-order valence-corrected chi connectivity index (χ0v) is 52.7. The number of carboxylic acids is 1. The molecule has 0 radical (unpaired) electrons. The first kappa shape index (κ1) is 67.8. The number of aromatic nitrogens is 11. The summed E-state index contributed by atoms with van der Waals surface area (Å²) in [4.78, 5) is 104. The molecular weight excluding hydrogens is 1260 g/mol. The summed E-state index contributed by atoms with van der Waals surface area (Å²) >= 11 is 6.72. The lowest BCUT2D eigenvalue weighted by Gasteiger charge is -2.36. The second-order valence-corrected chi connectivity index (χ2v) is 22.6. The van der Waals surface area contributed by atoms with Gasteiger partial charge in [-0.2, -0.15) is 10.2 Å². The number of anilines is 4. The van der Waals surface area contributed by atoms with Crippen LogP contribution in [-0.4, -0.2) is 210 Å². The number of nitriles is 1. The molecule has 2 aliphatic rings. The summed E-state index contributed by atoms with van der Waals surface area (Å²) in [5.74, 6) is -2.97. The number of rotatable bonds is 30. The van der Waals surface area contributed by atoms with Gasteiger partial charge in [0.1, 0.15) is 35.4 Å². The molecule has 8 heterocycles. The number of nitrogens with zero attached hydrogens (tertiary/aromatic N) is 15. The monoisotopic (exact) mass is 1330 g/mol. The van der Waals surface area contributed by atoms with Gasteiger partial charge in [0.05, 0.1) is 117 Å². The van der Waals surface area contributed by atoms with E-state index in [-0.39, 0.29) is 107 Å². The average Bonchev–Trinajstić information content (AvgIpc) is 1.31. The van der Waals surface area contributed by atoms with Gasteiger partial charge < -0.3 is 60.4 Å². The van der Waals surface area contributed by atoms with Crippen molar-refractivity contribution in [1.29, 1.82) is 5.26 Å². The lowest BCUT2D eigenvalue weighted by Crippen LogP contribution is -2.55. The SMILES string of the molecule is Cc1nc2cc(F)c(-c3cnc(N4CCN(C(=O)COCCn5cc(COCCOCCOCCN6CCN(C(=O)[C@H](CCC(=O)O)NC(=O)c7ccc(NCc8cnc9nc(N)[nH]c(=O)c9n8)cc7)CC6)nn5)CC4)nc3)nc2c(N[C@H](C)c2cc(C#N)ccc2F)c1Cl. The second-order valence-electron chi connectivity index (χ2n) is 22.3. The topological polar surface area (TPSA) is 378 Å². The van der Waals surface area contributed by atoms with Crippen molar-refractivity contribution >= 4 is 80.8 Å². The molecule has 95 heavy (non-hydrogen) atoms. The molecule has 2 aromatic carbocycles. The molecule has 33 heteroatoms. The highest BCUT2D eigenvalue weighted by Gasteiger charge is 2.30. The molecule has 0 saturated carbocycles. The van der Waals surface area contributed by atoms with Crippen molar-refractivity contribution in [1.82, 2.24) is 74.9 Å². The molecule has 2 atom stereocenters. The summed E-state index contributed by atoms with van der Waals surface area (Å²) < 4.78 is 55.0. The zero-order chi connectivity index (χ0) is 67.0. The molecule has 3 amide bonds. The number of aryl methyl sites for hydroxylation is 1. The van der Waals surface area contributed by atoms with E-state index in [1.807, 2.05) is 11.0 Å². The largest absolute Gasteiger partial charge is 0.481 e. The van der Waals surface area contributed by atoms with E-state index in [1.165, 1.54) is 42.9 Å². The minimum absolute atomic E-state index is 0.0428. The number of pyridine rings is 2. The van der Waals surface area contributed by atoms with Crippen molar-refractivity contribution in [3.05, 3.63) is 134 Å². The van der Waals surface area contributed by atoms with Gasteiger partial charge in [-0.3, -0.25) is 33.9 Å². The maximum atomic E-state index is 15.7. The summed E-state index contributed by atoms with van der Waals surface area (Å²) in [5.41, 5.74) is 9.23. The van der Waals surface area contributed by atoms with Gasteiger partial charge in [0.25, 0.3) is 11.5 Å². The number of nitrogens with two attached hydrogens (primary N) is 1. The van der Waals surface area contributed by atoms with Gasteiger partial charge >= 0.3 is 5.97 Å². The number of ether oxygens (including phenoxy) is 4. The van der Waals surface area contributed by atoms with E-state index in [0.717, 1.165) is 0 Å². The predicted molar refractivity (Wildman–Crippen MR) is 342 cm³/mol. The third-order valence-electron chi connectivity index (χ3n) is 15.7. The molecule has 8 aromatic rings. The fourth-order valence-corrected chi connectivity index (χ4v) is 10.7. The molecule has 7 N–H and O–H groups in total. The fraction of sp³-hybridized carbons (Fsp3) is 0.403. The molecule has 30 nitrogen and oxygen atoms in total. The molecule has 6 aromatic heterocycles. The van der Waals surface area contributed by atoms with E-state index < -0.39 is 41.2 Å². The lowest BCUT2D eigenvalue weighted by molar-refractivity contribution is -0.139. The van der Waals surface area contributed by atoms with Gasteiger partial charge in [-0.05, 0) is 62.7 Å². The van der Waals surface area contributed by atoms with E-state index in [1.54, 1.807) is 58.8 Å². The number of aliphatic carboxylic acids is 1. The highest BCUT2D eigenvalue weighted by Crippen LogP contribution is 2.37. The number of halogens is 3. The maximum Gasteiger partial charge on any atom is 0.303 e. The number of carboxylic acid groups (broad SMARTS) is 1. The van der Waals surface area contributed by atoms with Gasteiger partial charge in [0, 0.05) is 106 Å². The van der Waals surface area contributed by atoms with Crippen LogP contribution in [0.5, 0.6) is 0 Å². The molecule has 498 valence electrons. The molecule has 2 saturated heterocycles. The van der Waals surface area contributed by atoms with Crippen molar-refractivity contribution in [2.75, 3.05) is 126 Å². The Labute approximate surface area is 547 Å². The van der Waals surface area contributed by atoms with Gasteiger partial charge in [-0.25, -0.2) is 43.4 Å². The van der Waals surface area contributed by atoms with Crippen molar-refractivity contribution in [3.8, 4) is 17.3 Å². The maximum absolute atomic E-state index is 15.7. The van der Waals surface area contributed by atoms with E-state index in [0.29, 0.717) is 138 Å². The Balaban J connectivity index is 0.558. The molecule has 0 aliphatic carbocycles. The second kappa shape index (κ2) is 32.2. The number of fused-ring (bicyclic) bond motifs is 2. The Morgan fingerprint density at radius 3 is 2.26 bits per heavy atom. The first-order valence-corrected chi connectivity index (χ1v) is 30.9. The Morgan fingerprint density at radius 1 is 0.811 bits per heavy atom. The number of H-pyrrole nitrogens is 1. The van der Waals surface area contributed by atoms with Gasteiger partial charge in [0.15, 0.2) is 17.0 Å². The van der Waals surface area contributed by atoms with Crippen LogP contribution in [-0.2, 0) is 53.0 Å². The zero-order valence-electron chi connectivity index (χ0n) is 52.0. The van der Waals surface area contributed by atoms with Crippen molar-refractivity contribution < 1.29 is 52.0 Å². The quantitative estimate of drug-likeness (QED) is 0.0348. The van der Waals surface area contributed by atoms with Crippen molar-refractivity contribution in [2.45, 2.75) is 58.5 Å². The molecular formula is C62H69ClF2N20O10. The third-order valence-corrected chi connectivity index (χ3v) is 16.1. The molecule has 0 unspecified atom stereocenters. The predicted octanol–water partition coefficient (Wildman–Crippen LogP) is 3.91. The highest BCUT2D eigenvalue weighted by atomic mass is 35.5. The Bertz CT molecular complexity index is 4130. The van der Waals surface area contributed by atoms with Crippen molar-refractivity contribution in [2.24, 2.45) is 0 Å². The Kier molecular flexibility index (Phi) is 23.0. The molecule has 10 rings (SSSR count). The first-order chi connectivity index (χ1) is 46.0. The summed E-state index contributed by atoms with van der Waals surface area (Å²) in [6.45, 7) is 10.4. The van der Waals surface area contributed by atoms with Crippen LogP contribution in [0.1, 0.15) is 64.4 Å². The summed E-state index contributed by atoms with van der Waals surface area (Å²) in [6, 6.07) is 12.1. The average molecular weight is 1330 g/mol. The number of nitrogens with one attached hydrogen (secondary N) is 4. The number of aromatic amines is 1. The number of hydrogen-bond acceptors (Lipinski definition) is 24. The minimum Gasteiger partial charge on any atom is -0.481 e. The lowest BCUT2D eigenvalue weighted by atomic mass is 10.0. The summed E-state index contributed by atoms with van der Waals surface area (Å²) in [6.07, 6.45) is 5.77. The third kappa shape index (κ3) is 18.0. The summed E-state index contributed by atoms with van der Waals surface area (Å²) in [7, 11) is 0. The van der Waals surface area contributed by atoms with E-state index in [4.69, 9.17) is 36.3 Å². The normalized spacial score (nSPS) is 14.2. The minimum atomic E-state index is -1.09. The highest BCUT2D eigenvalue weighted by molar-refractivity contribution is 6.35. The number of carbonyl (C=O) groups excluding carboxylic acids is 3. The number of nitrogen functional groups attached to an aromatic ring is 1. The van der Waals surface area contributed by atoms with Crippen LogP contribution in [0, 0.1) is 29.9 Å². The smallest absolute Gasteiger partial charge is 0.303 e.